The smallest absolute Gasteiger partial charge is 0.260 e. The van der Waals surface area contributed by atoms with Crippen LogP contribution in [0, 0.1) is 0 Å². The molecular formula is C16H21ClN2O3. The number of hydrogen-bond acceptors (Lipinski definition) is 3. The zero-order valence-corrected chi connectivity index (χ0v) is 13.5. The number of ether oxygens (including phenoxy) is 1. The molecule has 0 atom stereocenters. The van der Waals surface area contributed by atoms with Gasteiger partial charge in [0.25, 0.3) is 5.91 Å². The lowest BCUT2D eigenvalue weighted by atomic mass is 10.2. The fourth-order valence-electron chi connectivity index (χ4n) is 2.34. The summed E-state index contributed by atoms with van der Waals surface area (Å²) in [6.45, 7) is 4.34. The van der Waals surface area contributed by atoms with Gasteiger partial charge >= 0.3 is 0 Å². The third-order valence-corrected chi connectivity index (χ3v) is 3.88. The lowest BCUT2D eigenvalue weighted by Gasteiger charge is -2.34. The van der Waals surface area contributed by atoms with Gasteiger partial charge in [0.1, 0.15) is 5.75 Å². The Hall–Kier alpha value is -1.75. The Balaban J connectivity index is 1.75. The second-order valence-electron chi connectivity index (χ2n) is 5.25. The van der Waals surface area contributed by atoms with Gasteiger partial charge in [0.15, 0.2) is 6.61 Å². The molecule has 6 heteroatoms. The Morgan fingerprint density at radius 3 is 2.14 bits per heavy atom. The minimum Gasteiger partial charge on any atom is -0.484 e. The van der Waals surface area contributed by atoms with E-state index in [1.807, 2.05) is 11.8 Å². The minimum atomic E-state index is -0.0578. The molecule has 0 spiro atoms. The summed E-state index contributed by atoms with van der Waals surface area (Å²) in [5.41, 5.74) is 0. The van der Waals surface area contributed by atoms with Crippen LogP contribution in [-0.4, -0.2) is 54.4 Å². The SMILES string of the molecule is CCCC(=O)N1CCN(C(=O)COc2ccc(Cl)cc2)CC1. The van der Waals surface area contributed by atoms with Gasteiger partial charge in [-0.25, -0.2) is 0 Å². The molecule has 1 aromatic rings. The number of benzene rings is 1. The van der Waals surface area contributed by atoms with Crippen molar-refractivity contribution in [1.29, 1.82) is 0 Å². The Morgan fingerprint density at radius 2 is 1.59 bits per heavy atom. The van der Waals surface area contributed by atoms with Crippen LogP contribution in [-0.2, 0) is 9.59 Å². The first-order valence-electron chi connectivity index (χ1n) is 7.54. The van der Waals surface area contributed by atoms with Gasteiger partial charge in [0.2, 0.25) is 5.91 Å². The molecule has 0 unspecified atom stereocenters. The van der Waals surface area contributed by atoms with Crippen LogP contribution < -0.4 is 4.74 Å². The van der Waals surface area contributed by atoms with Crippen molar-refractivity contribution in [3.8, 4) is 5.75 Å². The molecule has 0 aliphatic carbocycles. The van der Waals surface area contributed by atoms with Crippen molar-refractivity contribution < 1.29 is 14.3 Å². The van der Waals surface area contributed by atoms with Crippen molar-refractivity contribution in [3.05, 3.63) is 29.3 Å². The molecule has 0 radical (unpaired) electrons. The summed E-state index contributed by atoms with van der Waals surface area (Å²) in [5, 5.41) is 0.631. The molecule has 1 aromatic carbocycles. The monoisotopic (exact) mass is 324 g/mol. The molecule has 1 fully saturated rings. The molecule has 1 saturated heterocycles. The molecular weight excluding hydrogens is 304 g/mol. The van der Waals surface area contributed by atoms with Gasteiger partial charge in [-0.2, -0.15) is 0 Å². The number of halogens is 1. The van der Waals surface area contributed by atoms with Crippen molar-refractivity contribution in [2.75, 3.05) is 32.8 Å². The highest BCUT2D eigenvalue weighted by atomic mass is 35.5. The van der Waals surface area contributed by atoms with Crippen LogP contribution in [0.3, 0.4) is 0 Å². The van der Waals surface area contributed by atoms with Crippen LogP contribution in [0.2, 0.25) is 5.02 Å². The van der Waals surface area contributed by atoms with Crippen molar-refractivity contribution >= 4 is 23.4 Å². The largest absolute Gasteiger partial charge is 0.484 e. The van der Waals surface area contributed by atoms with E-state index in [0.29, 0.717) is 43.4 Å². The third kappa shape index (κ3) is 4.63. The first-order chi connectivity index (χ1) is 10.6. The van der Waals surface area contributed by atoms with Gasteiger partial charge in [-0.15, -0.1) is 0 Å². The summed E-state index contributed by atoms with van der Waals surface area (Å²) in [5.74, 6) is 0.735. The zero-order chi connectivity index (χ0) is 15.9. The fourth-order valence-corrected chi connectivity index (χ4v) is 2.47. The number of hydrogen-bond donors (Lipinski definition) is 0. The average molecular weight is 325 g/mol. The number of rotatable bonds is 5. The lowest BCUT2D eigenvalue weighted by molar-refractivity contribution is -0.140. The molecule has 0 N–H and O–H groups in total. The number of amides is 2. The third-order valence-electron chi connectivity index (χ3n) is 3.62. The van der Waals surface area contributed by atoms with E-state index in [9.17, 15) is 9.59 Å². The van der Waals surface area contributed by atoms with E-state index < -0.39 is 0 Å². The van der Waals surface area contributed by atoms with Crippen molar-refractivity contribution in [1.82, 2.24) is 9.80 Å². The van der Waals surface area contributed by atoms with Crippen LogP contribution in [0.1, 0.15) is 19.8 Å². The zero-order valence-electron chi connectivity index (χ0n) is 12.8. The predicted molar refractivity (Wildman–Crippen MR) is 85.0 cm³/mol. The summed E-state index contributed by atoms with van der Waals surface area (Å²) in [6.07, 6.45) is 1.43. The number of nitrogens with zero attached hydrogens (tertiary/aromatic N) is 2. The quantitative estimate of drug-likeness (QED) is 0.834. The summed E-state index contributed by atoms with van der Waals surface area (Å²) in [6, 6.07) is 6.91. The first kappa shape index (κ1) is 16.6. The van der Waals surface area contributed by atoms with E-state index in [1.165, 1.54) is 0 Å². The molecule has 22 heavy (non-hydrogen) atoms. The first-order valence-corrected chi connectivity index (χ1v) is 7.92. The Bertz CT molecular complexity index is 511. The van der Waals surface area contributed by atoms with Crippen LogP contribution in [0.4, 0.5) is 0 Å². The molecule has 0 aromatic heterocycles. The number of piperazine rings is 1. The summed E-state index contributed by atoms with van der Waals surface area (Å²) >= 11 is 5.79. The lowest BCUT2D eigenvalue weighted by Crippen LogP contribution is -2.51. The summed E-state index contributed by atoms with van der Waals surface area (Å²) in [7, 11) is 0. The van der Waals surface area contributed by atoms with Gasteiger partial charge in [-0.1, -0.05) is 18.5 Å². The predicted octanol–water partition coefficient (Wildman–Crippen LogP) is 2.19. The van der Waals surface area contributed by atoms with Crippen molar-refractivity contribution in [3.63, 3.8) is 0 Å². The molecule has 1 heterocycles. The van der Waals surface area contributed by atoms with Crippen molar-refractivity contribution in [2.45, 2.75) is 19.8 Å². The number of carbonyl (C=O) groups excluding carboxylic acids is 2. The number of carbonyl (C=O) groups is 2. The minimum absolute atomic E-state index is 0.00450. The molecule has 1 aliphatic rings. The maximum absolute atomic E-state index is 12.1. The van der Waals surface area contributed by atoms with E-state index >= 15 is 0 Å². The van der Waals surface area contributed by atoms with E-state index in [1.54, 1.807) is 29.2 Å². The van der Waals surface area contributed by atoms with Crippen LogP contribution in [0.25, 0.3) is 0 Å². The second kappa shape index (κ2) is 8.03. The Labute approximate surface area is 135 Å². The maximum Gasteiger partial charge on any atom is 0.260 e. The molecule has 2 rings (SSSR count). The molecule has 2 amide bonds. The molecule has 120 valence electrons. The van der Waals surface area contributed by atoms with Gasteiger partial charge in [-0.05, 0) is 30.7 Å². The van der Waals surface area contributed by atoms with Crippen LogP contribution in [0.5, 0.6) is 5.75 Å². The van der Waals surface area contributed by atoms with Gasteiger partial charge in [0, 0.05) is 37.6 Å². The topological polar surface area (TPSA) is 49.9 Å². The standard InChI is InChI=1S/C16H21ClN2O3/c1-2-3-15(20)18-8-10-19(11-9-18)16(21)12-22-14-6-4-13(17)5-7-14/h4-7H,2-3,8-12H2,1H3. The molecule has 5 nitrogen and oxygen atoms in total. The Morgan fingerprint density at radius 1 is 1.05 bits per heavy atom. The molecule has 0 bridgehead atoms. The van der Waals surface area contributed by atoms with E-state index in [-0.39, 0.29) is 18.4 Å². The molecule has 1 aliphatic heterocycles. The summed E-state index contributed by atoms with van der Waals surface area (Å²) in [4.78, 5) is 27.5. The van der Waals surface area contributed by atoms with Crippen LogP contribution in [0.15, 0.2) is 24.3 Å². The van der Waals surface area contributed by atoms with E-state index in [4.69, 9.17) is 16.3 Å². The second-order valence-corrected chi connectivity index (χ2v) is 5.69. The van der Waals surface area contributed by atoms with E-state index in [2.05, 4.69) is 0 Å². The highest BCUT2D eigenvalue weighted by Gasteiger charge is 2.23. The highest BCUT2D eigenvalue weighted by Crippen LogP contribution is 2.15. The fraction of sp³-hybridized carbons (Fsp3) is 0.500. The van der Waals surface area contributed by atoms with Gasteiger partial charge < -0.3 is 14.5 Å². The van der Waals surface area contributed by atoms with Gasteiger partial charge in [-0.3, -0.25) is 9.59 Å². The summed E-state index contributed by atoms with van der Waals surface area (Å²) < 4.78 is 5.46. The normalized spacial score (nSPS) is 14.8. The van der Waals surface area contributed by atoms with E-state index in [0.717, 1.165) is 6.42 Å². The van der Waals surface area contributed by atoms with Crippen molar-refractivity contribution in [2.24, 2.45) is 0 Å². The Kier molecular flexibility index (Phi) is 6.07. The maximum atomic E-state index is 12.1. The van der Waals surface area contributed by atoms with Gasteiger partial charge in [0.05, 0.1) is 0 Å². The molecule has 0 saturated carbocycles. The average Bonchev–Trinajstić information content (AvgIpc) is 2.54. The highest BCUT2D eigenvalue weighted by molar-refractivity contribution is 6.30. The van der Waals surface area contributed by atoms with Crippen LogP contribution >= 0.6 is 11.6 Å².